The number of hydrogen-bond acceptors (Lipinski definition) is 3. The third kappa shape index (κ3) is 3.70. The van der Waals surface area contributed by atoms with E-state index in [1.807, 2.05) is 0 Å². The Bertz CT molecular complexity index is 632. The number of ether oxygens (including phenoxy) is 1. The molecule has 4 nitrogen and oxygen atoms in total. The van der Waals surface area contributed by atoms with Crippen molar-refractivity contribution in [2.24, 2.45) is 5.92 Å². The maximum absolute atomic E-state index is 14.3. The number of piperidine rings is 1. The number of amides is 1. The fourth-order valence-corrected chi connectivity index (χ4v) is 4.03. The Hall–Kier alpha value is -1.91. The van der Waals surface area contributed by atoms with E-state index in [4.69, 9.17) is 4.74 Å². The van der Waals surface area contributed by atoms with Crippen LogP contribution >= 0.6 is 0 Å². The Labute approximate surface area is 148 Å². The van der Waals surface area contributed by atoms with E-state index in [2.05, 4.69) is 6.92 Å². The summed E-state index contributed by atoms with van der Waals surface area (Å²) in [7, 11) is 0. The number of carbonyl (C=O) groups excluding carboxylic acids is 2. The van der Waals surface area contributed by atoms with Gasteiger partial charge in [-0.2, -0.15) is 0 Å². The number of esters is 1. The smallest absolute Gasteiger partial charge is 0.317 e. The van der Waals surface area contributed by atoms with E-state index in [0.717, 1.165) is 38.8 Å². The zero-order valence-corrected chi connectivity index (χ0v) is 14.8. The van der Waals surface area contributed by atoms with Gasteiger partial charge < -0.3 is 9.64 Å². The summed E-state index contributed by atoms with van der Waals surface area (Å²) in [6.07, 6.45) is 4.84. The molecule has 2 fully saturated rings. The van der Waals surface area contributed by atoms with Crippen molar-refractivity contribution in [2.45, 2.75) is 50.9 Å². The van der Waals surface area contributed by atoms with Crippen molar-refractivity contribution in [3.05, 3.63) is 35.6 Å². The molecule has 1 heterocycles. The standard InChI is InChI=1S/C20H26FNO3/c1-15-8-12-22(13-9-15)18(23)14-25-19(24)20(10-4-5-11-20)16-6-2-3-7-17(16)21/h2-3,6-7,15H,4-5,8-14H2,1H3. The number of nitrogens with zero attached hydrogens (tertiary/aromatic N) is 1. The van der Waals surface area contributed by atoms with Crippen molar-refractivity contribution in [1.29, 1.82) is 0 Å². The van der Waals surface area contributed by atoms with Crippen molar-refractivity contribution >= 4 is 11.9 Å². The number of halogens is 1. The van der Waals surface area contributed by atoms with Gasteiger partial charge in [-0.25, -0.2) is 4.39 Å². The summed E-state index contributed by atoms with van der Waals surface area (Å²) in [5.74, 6) is -0.358. The molecule has 2 aliphatic rings. The minimum Gasteiger partial charge on any atom is -0.455 e. The van der Waals surface area contributed by atoms with E-state index in [1.165, 1.54) is 6.07 Å². The molecule has 1 aromatic rings. The first kappa shape index (κ1) is 17.9. The van der Waals surface area contributed by atoms with Crippen molar-refractivity contribution in [2.75, 3.05) is 19.7 Å². The lowest BCUT2D eigenvalue weighted by Gasteiger charge is -2.31. The monoisotopic (exact) mass is 347 g/mol. The first-order valence-electron chi connectivity index (χ1n) is 9.23. The Morgan fingerprint density at radius 3 is 2.48 bits per heavy atom. The molecule has 5 heteroatoms. The molecule has 0 N–H and O–H groups in total. The molecule has 1 saturated heterocycles. The van der Waals surface area contributed by atoms with E-state index in [-0.39, 0.29) is 18.3 Å². The Morgan fingerprint density at radius 1 is 1.20 bits per heavy atom. The predicted molar refractivity (Wildman–Crippen MR) is 92.5 cm³/mol. The van der Waals surface area contributed by atoms with Gasteiger partial charge in [0, 0.05) is 18.7 Å². The quantitative estimate of drug-likeness (QED) is 0.784. The zero-order valence-electron chi connectivity index (χ0n) is 14.8. The van der Waals surface area contributed by atoms with Crippen LogP contribution in [0.3, 0.4) is 0 Å². The molecule has 0 bridgehead atoms. The van der Waals surface area contributed by atoms with Crippen LogP contribution in [0, 0.1) is 11.7 Å². The minimum atomic E-state index is -0.942. The summed E-state index contributed by atoms with van der Waals surface area (Å²) in [5.41, 5.74) is -0.543. The molecule has 0 spiro atoms. The Kier molecular flexibility index (Phi) is 5.40. The number of benzene rings is 1. The normalized spacial score (nSPS) is 20.5. The van der Waals surface area contributed by atoms with Crippen LogP contribution in [0.1, 0.15) is 51.0 Å². The highest BCUT2D eigenvalue weighted by atomic mass is 19.1. The van der Waals surface area contributed by atoms with Gasteiger partial charge in [0.1, 0.15) is 5.82 Å². The predicted octanol–water partition coefficient (Wildman–Crippen LogP) is 3.44. The van der Waals surface area contributed by atoms with Crippen LogP contribution in [0.2, 0.25) is 0 Å². The van der Waals surface area contributed by atoms with Gasteiger partial charge in [0.15, 0.2) is 6.61 Å². The number of likely N-dealkylation sites (tertiary alicyclic amines) is 1. The third-order valence-electron chi connectivity index (χ3n) is 5.70. The second kappa shape index (κ2) is 7.54. The van der Waals surface area contributed by atoms with Gasteiger partial charge in [0.25, 0.3) is 5.91 Å². The molecule has 1 aromatic carbocycles. The fraction of sp³-hybridized carbons (Fsp3) is 0.600. The van der Waals surface area contributed by atoms with E-state index in [0.29, 0.717) is 24.3 Å². The van der Waals surface area contributed by atoms with Gasteiger partial charge in [-0.15, -0.1) is 0 Å². The van der Waals surface area contributed by atoms with Crippen LogP contribution in [0.5, 0.6) is 0 Å². The first-order valence-corrected chi connectivity index (χ1v) is 9.23. The molecule has 0 aromatic heterocycles. The summed E-state index contributed by atoms with van der Waals surface area (Å²) in [5, 5.41) is 0. The molecule has 1 saturated carbocycles. The van der Waals surface area contributed by atoms with Crippen LogP contribution in [-0.2, 0) is 19.7 Å². The van der Waals surface area contributed by atoms with E-state index < -0.39 is 11.4 Å². The van der Waals surface area contributed by atoms with E-state index in [1.54, 1.807) is 23.1 Å². The maximum Gasteiger partial charge on any atom is 0.317 e. The summed E-state index contributed by atoms with van der Waals surface area (Å²) in [4.78, 5) is 26.9. The fourth-order valence-electron chi connectivity index (χ4n) is 4.03. The van der Waals surface area contributed by atoms with Crippen LogP contribution in [0.25, 0.3) is 0 Å². The molecule has 1 aliphatic carbocycles. The molecule has 25 heavy (non-hydrogen) atoms. The average molecular weight is 347 g/mol. The van der Waals surface area contributed by atoms with Crippen molar-refractivity contribution in [3.63, 3.8) is 0 Å². The molecule has 1 aliphatic heterocycles. The lowest BCUT2D eigenvalue weighted by Crippen LogP contribution is -2.42. The first-order chi connectivity index (χ1) is 12.0. The lowest BCUT2D eigenvalue weighted by molar-refractivity contribution is -0.157. The molecular weight excluding hydrogens is 321 g/mol. The number of carbonyl (C=O) groups is 2. The molecule has 0 radical (unpaired) electrons. The molecule has 136 valence electrons. The number of rotatable bonds is 4. The summed E-state index contributed by atoms with van der Waals surface area (Å²) >= 11 is 0. The Morgan fingerprint density at radius 2 is 1.84 bits per heavy atom. The van der Waals surface area contributed by atoms with Gasteiger partial charge in [-0.3, -0.25) is 9.59 Å². The van der Waals surface area contributed by atoms with Gasteiger partial charge in [0.05, 0.1) is 5.41 Å². The van der Waals surface area contributed by atoms with Crippen LogP contribution in [0.15, 0.2) is 24.3 Å². The lowest BCUT2D eigenvalue weighted by atomic mass is 9.78. The maximum atomic E-state index is 14.3. The summed E-state index contributed by atoms with van der Waals surface area (Å²) < 4.78 is 19.7. The minimum absolute atomic E-state index is 0.151. The van der Waals surface area contributed by atoms with Crippen LogP contribution < -0.4 is 0 Å². The van der Waals surface area contributed by atoms with Crippen molar-refractivity contribution < 1.29 is 18.7 Å². The van der Waals surface area contributed by atoms with Gasteiger partial charge in [-0.05, 0) is 37.7 Å². The van der Waals surface area contributed by atoms with Gasteiger partial charge in [0.2, 0.25) is 0 Å². The SMILES string of the molecule is CC1CCN(C(=O)COC(=O)C2(c3ccccc3F)CCCC2)CC1. The zero-order chi connectivity index (χ0) is 17.9. The van der Waals surface area contributed by atoms with Gasteiger partial charge >= 0.3 is 5.97 Å². The highest BCUT2D eigenvalue weighted by Crippen LogP contribution is 2.43. The van der Waals surface area contributed by atoms with Crippen LogP contribution in [0.4, 0.5) is 4.39 Å². The molecule has 0 atom stereocenters. The van der Waals surface area contributed by atoms with Crippen LogP contribution in [-0.4, -0.2) is 36.5 Å². The van der Waals surface area contributed by atoms with E-state index >= 15 is 0 Å². The van der Waals surface area contributed by atoms with Crippen molar-refractivity contribution in [1.82, 2.24) is 4.90 Å². The third-order valence-corrected chi connectivity index (χ3v) is 5.70. The summed E-state index contributed by atoms with van der Waals surface area (Å²) in [6, 6.07) is 6.40. The average Bonchev–Trinajstić information content (AvgIpc) is 3.11. The number of hydrogen-bond donors (Lipinski definition) is 0. The second-order valence-corrected chi connectivity index (χ2v) is 7.41. The van der Waals surface area contributed by atoms with Gasteiger partial charge in [-0.1, -0.05) is 38.0 Å². The Balaban J connectivity index is 1.66. The topological polar surface area (TPSA) is 46.6 Å². The highest BCUT2D eigenvalue weighted by Gasteiger charge is 2.46. The molecule has 1 amide bonds. The largest absolute Gasteiger partial charge is 0.455 e. The highest BCUT2D eigenvalue weighted by molar-refractivity contribution is 5.86. The molecule has 3 rings (SSSR count). The molecule has 0 unspecified atom stereocenters. The van der Waals surface area contributed by atoms with Crippen molar-refractivity contribution in [3.8, 4) is 0 Å². The second-order valence-electron chi connectivity index (χ2n) is 7.41. The van der Waals surface area contributed by atoms with E-state index in [9.17, 15) is 14.0 Å². The summed E-state index contributed by atoms with van der Waals surface area (Å²) in [6.45, 7) is 3.37. The molecular formula is C20H26FNO3.